The summed E-state index contributed by atoms with van der Waals surface area (Å²) in [5.41, 5.74) is 0.922. The van der Waals surface area contributed by atoms with E-state index in [0.29, 0.717) is 5.69 Å². The van der Waals surface area contributed by atoms with Crippen LogP contribution >= 0.6 is 11.6 Å². The minimum Gasteiger partial charge on any atom is -0.349 e. The molecule has 2 amide bonds. The number of nitrogens with one attached hydrogen (secondary N) is 3. The summed E-state index contributed by atoms with van der Waals surface area (Å²) in [6, 6.07) is 18.6. The highest BCUT2D eigenvalue weighted by atomic mass is 35.5. The topological polar surface area (TPSA) is 104 Å². The molecule has 164 valence electrons. The summed E-state index contributed by atoms with van der Waals surface area (Å²) in [6.07, 6.45) is 1.55. The van der Waals surface area contributed by atoms with Crippen LogP contribution in [0.15, 0.2) is 90.3 Å². The fourth-order valence-corrected chi connectivity index (χ4v) is 4.15. The van der Waals surface area contributed by atoms with Gasteiger partial charge in [-0.25, -0.2) is 8.42 Å². The van der Waals surface area contributed by atoms with Crippen LogP contribution in [0.4, 0.5) is 11.4 Å². The second-order valence-corrected chi connectivity index (χ2v) is 8.70. The van der Waals surface area contributed by atoms with Gasteiger partial charge in [0, 0.05) is 6.54 Å². The van der Waals surface area contributed by atoms with Crippen LogP contribution in [-0.2, 0) is 10.0 Å². The standard InChI is InChI=1S/C23H20ClN3O4S/c1-2-14-25-22(28)19-10-6-7-11-21(19)26-23(29)18-13-12-16(15-20(18)24)27-32(30,31)17-8-4-3-5-9-17/h2-13,15,27H,1,14H2,(H,25,28)(H,26,29). The van der Waals surface area contributed by atoms with Crippen LogP contribution in [0.2, 0.25) is 5.02 Å². The average Bonchev–Trinajstić information content (AvgIpc) is 2.78. The van der Waals surface area contributed by atoms with E-state index in [4.69, 9.17) is 11.6 Å². The molecule has 0 bridgehead atoms. The zero-order chi connectivity index (χ0) is 23.1. The summed E-state index contributed by atoms with van der Waals surface area (Å²) in [6.45, 7) is 3.84. The molecule has 3 aromatic carbocycles. The van der Waals surface area contributed by atoms with Crippen LogP contribution in [0, 0.1) is 0 Å². The predicted octanol–water partition coefficient (Wildman–Crippen LogP) is 4.31. The summed E-state index contributed by atoms with van der Waals surface area (Å²) < 4.78 is 27.4. The molecule has 0 saturated heterocycles. The van der Waals surface area contributed by atoms with E-state index in [2.05, 4.69) is 21.9 Å². The third kappa shape index (κ3) is 5.54. The van der Waals surface area contributed by atoms with Gasteiger partial charge in [0.25, 0.3) is 21.8 Å². The minimum atomic E-state index is -3.80. The quantitative estimate of drug-likeness (QED) is 0.427. The second kappa shape index (κ2) is 10.1. The Morgan fingerprint density at radius 1 is 0.906 bits per heavy atom. The first-order chi connectivity index (χ1) is 15.3. The summed E-state index contributed by atoms with van der Waals surface area (Å²) in [5.74, 6) is -0.908. The Bertz CT molecular complexity index is 1260. The predicted molar refractivity (Wildman–Crippen MR) is 126 cm³/mol. The van der Waals surface area contributed by atoms with Crippen molar-refractivity contribution < 1.29 is 18.0 Å². The highest BCUT2D eigenvalue weighted by molar-refractivity contribution is 7.92. The van der Waals surface area contributed by atoms with Crippen LogP contribution in [0.3, 0.4) is 0 Å². The van der Waals surface area contributed by atoms with E-state index in [1.807, 2.05) is 0 Å². The van der Waals surface area contributed by atoms with Crippen LogP contribution in [0.25, 0.3) is 0 Å². The lowest BCUT2D eigenvalue weighted by Gasteiger charge is -2.13. The number of sulfonamides is 1. The third-order valence-electron chi connectivity index (χ3n) is 4.35. The molecule has 3 N–H and O–H groups in total. The van der Waals surface area contributed by atoms with E-state index in [-0.39, 0.29) is 39.2 Å². The molecular formula is C23H20ClN3O4S. The molecule has 0 heterocycles. The van der Waals surface area contributed by atoms with Gasteiger partial charge >= 0.3 is 0 Å². The smallest absolute Gasteiger partial charge is 0.261 e. The fourth-order valence-electron chi connectivity index (χ4n) is 2.82. The van der Waals surface area contributed by atoms with E-state index < -0.39 is 15.9 Å². The normalized spacial score (nSPS) is 10.8. The molecule has 0 saturated carbocycles. The first kappa shape index (κ1) is 23.1. The van der Waals surface area contributed by atoms with Crippen LogP contribution < -0.4 is 15.4 Å². The molecule has 0 radical (unpaired) electrons. The highest BCUT2D eigenvalue weighted by Crippen LogP contribution is 2.25. The van der Waals surface area contributed by atoms with Gasteiger partial charge in [0.1, 0.15) is 0 Å². The van der Waals surface area contributed by atoms with Gasteiger partial charge in [0.2, 0.25) is 0 Å². The summed E-state index contributed by atoms with van der Waals surface area (Å²) >= 11 is 6.25. The Labute approximate surface area is 191 Å². The van der Waals surface area contributed by atoms with Crippen LogP contribution in [-0.4, -0.2) is 26.8 Å². The number of halogens is 1. The van der Waals surface area contributed by atoms with Crippen molar-refractivity contribution in [3.63, 3.8) is 0 Å². The van der Waals surface area contributed by atoms with E-state index in [1.54, 1.807) is 48.5 Å². The molecule has 0 atom stereocenters. The molecule has 0 fully saturated rings. The van der Waals surface area contributed by atoms with Crippen LogP contribution in [0.1, 0.15) is 20.7 Å². The Morgan fingerprint density at radius 2 is 1.59 bits per heavy atom. The Morgan fingerprint density at radius 3 is 2.28 bits per heavy atom. The number of amides is 2. The highest BCUT2D eigenvalue weighted by Gasteiger charge is 2.18. The molecule has 0 spiro atoms. The zero-order valence-corrected chi connectivity index (χ0v) is 18.4. The van der Waals surface area contributed by atoms with Crippen molar-refractivity contribution in [1.29, 1.82) is 0 Å². The van der Waals surface area contributed by atoms with Crippen LogP contribution in [0.5, 0.6) is 0 Å². The molecule has 0 aliphatic rings. The van der Waals surface area contributed by atoms with Crippen molar-refractivity contribution in [1.82, 2.24) is 5.32 Å². The van der Waals surface area contributed by atoms with E-state index >= 15 is 0 Å². The van der Waals surface area contributed by atoms with Crippen molar-refractivity contribution >= 4 is 44.8 Å². The molecule has 7 nitrogen and oxygen atoms in total. The lowest BCUT2D eigenvalue weighted by Crippen LogP contribution is -2.25. The number of anilines is 2. The maximum absolute atomic E-state index is 12.8. The number of hydrogen-bond acceptors (Lipinski definition) is 4. The lowest BCUT2D eigenvalue weighted by molar-refractivity contribution is 0.0959. The molecule has 0 aliphatic carbocycles. The van der Waals surface area contributed by atoms with Gasteiger partial charge in [-0.2, -0.15) is 0 Å². The largest absolute Gasteiger partial charge is 0.349 e. The molecule has 3 aromatic rings. The van der Waals surface area contributed by atoms with Crippen molar-refractivity contribution in [2.24, 2.45) is 0 Å². The van der Waals surface area contributed by atoms with Crippen molar-refractivity contribution in [2.45, 2.75) is 4.90 Å². The Kier molecular flexibility index (Phi) is 7.29. The fraction of sp³-hybridized carbons (Fsp3) is 0.0435. The Balaban J connectivity index is 1.78. The van der Waals surface area contributed by atoms with Gasteiger partial charge < -0.3 is 10.6 Å². The molecule has 9 heteroatoms. The summed E-state index contributed by atoms with van der Waals surface area (Å²) in [4.78, 5) is 25.2. The number of hydrogen-bond donors (Lipinski definition) is 3. The number of benzene rings is 3. The first-order valence-electron chi connectivity index (χ1n) is 9.48. The summed E-state index contributed by atoms with van der Waals surface area (Å²) in [5, 5.41) is 5.37. The zero-order valence-electron chi connectivity index (χ0n) is 16.8. The molecule has 0 aliphatic heterocycles. The molecule has 0 aromatic heterocycles. The maximum Gasteiger partial charge on any atom is 0.261 e. The first-order valence-corrected chi connectivity index (χ1v) is 11.3. The monoisotopic (exact) mass is 469 g/mol. The molecule has 0 unspecified atom stereocenters. The van der Waals surface area contributed by atoms with E-state index in [1.165, 1.54) is 30.3 Å². The number of carbonyl (C=O) groups excluding carboxylic acids is 2. The number of rotatable bonds is 8. The van der Waals surface area contributed by atoms with Gasteiger partial charge in [-0.3, -0.25) is 14.3 Å². The number of para-hydroxylation sites is 1. The molecule has 32 heavy (non-hydrogen) atoms. The Hall–Kier alpha value is -3.62. The maximum atomic E-state index is 12.8. The summed E-state index contributed by atoms with van der Waals surface area (Å²) in [7, 11) is -3.80. The SMILES string of the molecule is C=CCNC(=O)c1ccccc1NC(=O)c1ccc(NS(=O)(=O)c2ccccc2)cc1Cl. The minimum absolute atomic E-state index is 0.0457. The average molecular weight is 470 g/mol. The van der Waals surface area contributed by atoms with E-state index in [9.17, 15) is 18.0 Å². The molecular weight excluding hydrogens is 450 g/mol. The van der Waals surface area contributed by atoms with Gasteiger partial charge in [-0.1, -0.05) is 48.0 Å². The van der Waals surface area contributed by atoms with E-state index in [0.717, 1.165) is 0 Å². The third-order valence-corrected chi connectivity index (χ3v) is 6.06. The van der Waals surface area contributed by atoms with Gasteiger partial charge in [0.15, 0.2) is 0 Å². The lowest BCUT2D eigenvalue weighted by atomic mass is 10.1. The van der Waals surface area contributed by atoms with Gasteiger partial charge in [0.05, 0.1) is 32.4 Å². The van der Waals surface area contributed by atoms with Gasteiger partial charge in [-0.05, 0) is 42.5 Å². The van der Waals surface area contributed by atoms with Crippen molar-refractivity contribution in [2.75, 3.05) is 16.6 Å². The van der Waals surface area contributed by atoms with Crippen molar-refractivity contribution in [3.8, 4) is 0 Å². The van der Waals surface area contributed by atoms with Crippen molar-refractivity contribution in [3.05, 3.63) is 102 Å². The van der Waals surface area contributed by atoms with Gasteiger partial charge in [-0.15, -0.1) is 6.58 Å². The second-order valence-electron chi connectivity index (χ2n) is 6.61. The molecule has 3 rings (SSSR count). The number of carbonyl (C=O) groups is 2.